The summed E-state index contributed by atoms with van der Waals surface area (Å²) in [4.78, 5) is 14.1. The van der Waals surface area contributed by atoms with E-state index < -0.39 is 0 Å². The van der Waals surface area contributed by atoms with Crippen molar-refractivity contribution in [1.82, 2.24) is 9.80 Å². The van der Waals surface area contributed by atoms with Gasteiger partial charge in [-0.3, -0.25) is 9.98 Å². The fourth-order valence-electron chi connectivity index (χ4n) is 2.99. The monoisotopic (exact) mass is 416 g/mol. The van der Waals surface area contributed by atoms with Crippen LogP contribution in [-0.4, -0.2) is 58.6 Å². The van der Waals surface area contributed by atoms with Gasteiger partial charge in [0.2, 0.25) is 0 Å². The lowest BCUT2D eigenvalue weighted by molar-refractivity contribution is 0.512. The lowest BCUT2D eigenvalue weighted by Crippen LogP contribution is -2.27. The lowest BCUT2D eigenvalue weighted by Gasteiger charge is -2.19. The predicted octanol–water partition coefficient (Wildman–Crippen LogP) is 3.74. The van der Waals surface area contributed by atoms with Crippen LogP contribution in [0.4, 0.5) is 0 Å². The van der Waals surface area contributed by atoms with Gasteiger partial charge < -0.3 is 9.80 Å². The van der Waals surface area contributed by atoms with E-state index in [4.69, 9.17) is 4.99 Å². The highest BCUT2D eigenvalue weighted by atomic mass is 35.5. The zero-order valence-electron chi connectivity index (χ0n) is 14.0. The summed E-state index contributed by atoms with van der Waals surface area (Å²) >= 11 is 3.61. The van der Waals surface area contributed by atoms with Gasteiger partial charge in [0.1, 0.15) is 0 Å². The molecule has 0 amide bonds. The number of fused-ring (bicyclic) bond motifs is 1. The minimum Gasteiger partial charge on any atom is -0.353 e. The number of likely N-dealkylation sites (N-methyl/N-ethyl adjacent to an activating group) is 1. The molecule has 0 fully saturated rings. The number of nitrogens with zero attached hydrogens (tertiary/aromatic N) is 4. The van der Waals surface area contributed by atoms with Crippen molar-refractivity contribution >= 4 is 58.7 Å². The summed E-state index contributed by atoms with van der Waals surface area (Å²) in [5.41, 5.74) is 2.74. The first-order chi connectivity index (χ1) is 11.3. The molecular weight excluding hydrogens is 395 g/mol. The number of amidine groups is 2. The maximum atomic E-state index is 4.89. The molecule has 4 rings (SSSR count). The Kier molecular flexibility index (Phi) is 7.55. The average molecular weight is 417 g/mol. The van der Waals surface area contributed by atoms with E-state index in [0.717, 1.165) is 31.8 Å². The minimum atomic E-state index is 0. The molecule has 0 saturated carbocycles. The lowest BCUT2D eigenvalue weighted by atomic mass is 10.1. The summed E-state index contributed by atoms with van der Waals surface area (Å²) in [6.07, 6.45) is 1.03. The molecular formula is C17H22Cl2N4S2. The highest BCUT2D eigenvalue weighted by Gasteiger charge is 2.32. The van der Waals surface area contributed by atoms with Gasteiger partial charge in [-0.25, -0.2) is 0 Å². The van der Waals surface area contributed by atoms with Crippen LogP contribution in [0.5, 0.6) is 0 Å². The quantitative estimate of drug-likeness (QED) is 0.747. The third kappa shape index (κ3) is 4.67. The molecule has 136 valence electrons. The van der Waals surface area contributed by atoms with E-state index in [1.165, 1.54) is 21.6 Å². The van der Waals surface area contributed by atoms with E-state index in [1.54, 1.807) is 11.8 Å². The number of benzene rings is 1. The standard InChI is InChI=1S/C17H20N4S2.2ClH/c1-20-8-7-18-16(20)22-11-15-12-23-17-19-14(10-21(15)17)9-13-5-3-2-4-6-13;;/h2-6,12,14H,7-11H2,1H3;2*1H. The Morgan fingerprint density at radius 3 is 2.76 bits per heavy atom. The van der Waals surface area contributed by atoms with Crippen LogP contribution in [0.2, 0.25) is 0 Å². The van der Waals surface area contributed by atoms with Gasteiger partial charge in [0, 0.05) is 31.6 Å². The number of hydrogen-bond donors (Lipinski definition) is 0. The summed E-state index contributed by atoms with van der Waals surface area (Å²) in [7, 11) is 2.12. The van der Waals surface area contributed by atoms with Gasteiger partial charge >= 0.3 is 0 Å². The molecule has 1 atom stereocenters. The second-order valence-corrected chi connectivity index (χ2v) is 7.75. The molecule has 25 heavy (non-hydrogen) atoms. The molecule has 0 saturated heterocycles. The Hall–Kier alpha value is -0.820. The van der Waals surface area contributed by atoms with Crippen molar-refractivity contribution in [3.05, 3.63) is 47.0 Å². The highest BCUT2D eigenvalue weighted by molar-refractivity contribution is 8.17. The molecule has 0 aliphatic carbocycles. The van der Waals surface area contributed by atoms with E-state index in [0.29, 0.717) is 6.04 Å². The van der Waals surface area contributed by atoms with Gasteiger partial charge in [-0.2, -0.15) is 0 Å². The first-order valence-electron chi connectivity index (χ1n) is 7.93. The maximum Gasteiger partial charge on any atom is 0.168 e. The molecule has 0 N–H and O–H groups in total. The second-order valence-electron chi connectivity index (χ2n) is 5.97. The maximum absolute atomic E-state index is 4.89. The fraction of sp³-hybridized carbons (Fsp3) is 0.412. The number of aliphatic imine (C=N–C) groups is 2. The summed E-state index contributed by atoms with van der Waals surface area (Å²) in [5.74, 6) is 0.979. The van der Waals surface area contributed by atoms with Crippen LogP contribution in [0.3, 0.4) is 0 Å². The third-order valence-electron chi connectivity index (χ3n) is 4.24. The zero-order valence-corrected chi connectivity index (χ0v) is 17.3. The average Bonchev–Trinajstić information content (AvgIpc) is 3.23. The molecule has 1 aromatic carbocycles. The molecule has 0 bridgehead atoms. The van der Waals surface area contributed by atoms with Crippen molar-refractivity contribution in [2.24, 2.45) is 9.98 Å². The van der Waals surface area contributed by atoms with Gasteiger partial charge in [-0.15, -0.1) is 24.8 Å². The zero-order chi connectivity index (χ0) is 15.6. The van der Waals surface area contributed by atoms with E-state index in [-0.39, 0.29) is 24.8 Å². The third-order valence-corrected chi connectivity index (χ3v) is 6.30. The fourth-order valence-corrected chi connectivity index (χ4v) is 5.09. The Morgan fingerprint density at radius 2 is 2.04 bits per heavy atom. The minimum absolute atomic E-state index is 0. The van der Waals surface area contributed by atoms with E-state index in [9.17, 15) is 0 Å². The van der Waals surface area contributed by atoms with Crippen molar-refractivity contribution < 1.29 is 0 Å². The molecule has 3 aliphatic rings. The Balaban J connectivity index is 0.00000113. The number of rotatable bonds is 4. The predicted molar refractivity (Wildman–Crippen MR) is 116 cm³/mol. The molecule has 1 aromatic rings. The van der Waals surface area contributed by atoms with Crippen LogP contribution >= 0.6 is 48.3 Å². The normalized spacial score (nSPS) is 21.2. The summed E-state index contributed by atoms with van der Waals surface area (Å²) in [6, 6.07) is 11.0. The first-order valence-corrected chi connectivity index (χ1v) is 9.79. The smallest absolute Gasteiger partial charge is 0.168 e. The van der Waals surface area contributed by atoms with Gasteiger partial charge in [0.15, 0.2) is 10.3 Å². The number of thioether (sulfide) groups is 2. The Labute approximate surface area is 170 Å². The SMILES string of the molecule is CN1CCN=C1SCC1=CSC2=NC(Cc3ccccc3)CN12.Cl.Cl. The van der Waals surface area contributed by atoms with Crippen LogP contribution in [0.1, 0.15) is 5.56 Å². The summed E-state index contributed by atoms with van der Waals surface area (Å²) in [6.45, 7) is 2.99. The van der Waals surface area contributed by atoms with Crippen molar-refractivity contribution in [3.8, 4) is 0 Å². The van der Waals surface area contributed by atoms with Gasteiger partial charge in [-0.1, -0.05) is 53.9 Å². The first kappa shape index (κ1) is 20.5. The summed E-state index contributed by atoms with van der Waals surface area (Å²) < 4.78 is 0. The Morgan fingerprint density at radius 1 is 1.24 bits per heavy atom. The second kappa shape index (κ2) is 9.21. The van der Waals surface area contributed by atoms with Crippen molar-refractivity contribution in [2.75, 3.05) is 32.4 Å². The van der Waals surface area contributed by atoms with Gasteiger partial charge in [-0.05, 0) is 17.4 Å². The molecule has 4 nitrogen and oxygen atoms in total. The van der Waals surface area contributed by atoms with Crippen molar-refractivity contribution in [2.45, 2.75) is 12.5 Å². The van der Waals surface area contributed by atoms with Crippen LogP contribution in [0.15, 0.2) is 51.4 Å². The molecule has 8 heteroatoms. The molecule has 0 spiro atoms. The molecule has 0 radical (unpaired) electrons. The number of hydrogen-bond acceptors (Lipinski definition) is 6. The summed E-state index contributed by atoms with van der Waals surface area (Å²) in [5, 5.41) is 4.59. The van der Waals surface area contributed by atoms with Crippen LogP contribution in [-0.2, 0) is 6.42 Å². The van der Waals surface area contributed by atoms with E-state index in [1.807, 2.05) is 11.8 Å². The van der Waals surface area contributed by atoms with E-state index in [2.05, 4.69) is 57.6 Å². The topological polar surface area (TPSA) is 31.2 Å². The molecule has 3 aliphatic heterocycles. The van der Waals surface area contributed by atoms with Gasteiger partial charge in [0.25, 0.3) is 0 Å². The number of halogens is 2. The molecule has 1 unspecified atom stereocenters. The van der Waals surface area contributed by atoms with Crippen LogP contribution in [0, 0.1) is 0 Å². The largest absolute Gasteiger partial charge is 0.353 e. The van der Waals surface area contributed by atoms with E-state index >= 15 is 0 Å². The molecule has 3 heterocycles. The molecule has 0 aromatic heterocycles. The van der Waals surface area contributed by atoms with Crippen molar-refractivity contribution in [1.29, 1.82) is 0 Å². The highest BCUT2D eigenvalue weighted by Crippen LogP contribution is 2.34. The van der Waals surface area contributed by atoms with Crippen LogP contribution < -0.4 is 0 Å². The van der Waals surface area contributed by atoms with Crippen molar-refractivity contribution in [3.63, 3.8) is 0 Å². The van der Waals surface area contributed by atoms with Crippen LogP contribution in [0.25, 0.3) is 0 Å². The van der Waals surface area contributed by atoms with Gasteiger partial charge in [0.05, 0.1) is 12.6 Å². The Bertz CT molecular complexity index is 678.